The molecule has 2 N–H and O–H groups in total. The van der Waals surface area contributed by atoms with Gasteiger partial charge >= 0.3 is 12.3 Å². The zero-order valence-corrected chi connectivity index (χ0v) is 18.6. The van der Waals surface area contributed by atoms with Crippen molar-refractivity contribution in [1.82, 2.24) is 5.32 Å². The van der Waals surface area contributed by atoms with Gasteiger partial charge in [0.15, 0.2) is 0 Å². The van der Waals surface area contributed by atoms with Gasteiger partial charge in [-0.3, -0.25) is 4.79 Å². The molecule has 34 heavy (non-hydrogen) atoms. The molecule has 0 fully saturated rings. The maximum Gasteiger partial charge on any atom is 0.416 e. The normalized spacial score (nSPS) is 14.9. The maximum atomic E-state index is 13.1. The van der Waals surface area contributed by atoms with Crippen molar-refractivity contribution in [3.05, 3.63) is 88.5 Å². The number of amides is 2. The molecule has 5 nitrogen and oxygen atoms in total. The van der Waals surface area contributed by atoms with Crippen LogP contribution in [0.5, 0.6) is 0 Å². The number of nitrogens with one attached hydrogen (secondary N) is 2. The molecular formula is C26H23F3N2O3. The first-order valence-corrected chi connectivity index (χ1v) is 10.7. The molecule has 8 heteroatoms. The van der Waals surface area contributed by atoms with Crippen LogP contribution in [0.15, 0.2) is 60.7 Å². The van der Waals surface area contributed by atoms with Crippen LogP contribution in [-0.2, 0) is 23.8 Å². The summed E-state index contributed by atoms with van der Waals surface area (Å²) in [6.45, 7) is 1.40. The van der Waals surface area contributed by atoms with E-state index in [0.29, 0.717) is 35.2 Å². The number of halogens is 3. The van der Waals surface area contributed by atoms with E-state index >= 15 is 0 Å². The Kier molecular flexibility index (Phi) is 6.32. The second-order valence-corrected chi connectivity index (χ2v) is 8.25. The van der Waals surface area contributed by atoms with Crippen LogP contribution in [0.25, 0.3) is 11.1 Å². The van der Waals surface area contributed by atoms with E-state index in [1.807, 2.05) is 12.1 Å². The molecule has 0 saturated carbocycles. The van der Waals surface area contributed by atoms with Crippen LogP contribution in [-0.4, -0.2) is 25.2 Å². The maximum absolute atomic E-state index is 13.1. The van der Waals surface area contributed by atoms with Gasteiger partial charge in [0.1, 0.15) is 0 Å². The lowest BCUT2D eigenvalue weighted by atomic mass is 9.95. The van der Waals surface area contributed by atoms with Crippen LogP contribution in [0.2, 0.25) is 0 Å². The Hall–Kier alpha value is -3.81. The van der Waals surface area contributed by atoms with Crippen molar-refractivity contribution in [2.45, 2.75) is 32.0 Å². The van der Waals surface area contributed by atoms with Crippen LogP contribution in [0.3, 0.4) is 0 Å². The van der Waals surface area contributed by atoms with Crippen molar-refractivity contribution in [3.8, 4) is 11.1 Å². The van der Waals surface area contributed by atoms with Gasteiger partial charge in [0.25, 0.3) is 5.91 Å². The molecule has 1 aliphatic carbocycles. The molecule has 0 saturated heterocycles. The highest BCUT2D eigenvalue weighted by Gasteiger charge is 2.32. The van der Waals surface area contributed by atoms with Gasteiger partial charge in [-0.1, -0.05) is 36.4 Å². The molecule has 176 valence electrons. The minimum absolute atomic E-state index is 0.0722. The number of rotatable bonds is 4. The number of aryl methyl sites for hydroxylation is 1. The molecule has 0 bridgehead atoms. The standard InChI is InChI=1S/C26H23F3N2O3/c1-15-11-17(8-10-23(15)26(27,28)29)21-5-3-4-6-22(21)24(32)30-19-9-7-16-12-20(14-18(16)13-19)31-25(33)34-2/h3-11,13,20H,12,14H2,1-2H3,(H,30,32)(H,31,33)/t20-/m1/s1. The number of hydrogen-bond acceptors (Lipinski definition) is 3. The van der Waals surface area contributed by atoms with Gasteiger partial charge < -0.3 is 15.4 Å². The van der Waals surface area contributed by atoms with E-state index in [0.717, 1.165) is 17.2 Å². The number of anilines is 1. The number of alkyl halides is 3. The highest BCUT2D eigenvalue weighted by atomic mass is 19.4. The van der Waals surface area contributed by atoms with Crippen molar-refractivity contribution in [1.29, 1.82) is 0 Å². The van der Waals surface area contributed by atoms with Gasteiger partial charge in [-0.25, -0.2) is 4.79 Å². The fourth-order valence-corrected chi connectivity index (χ4v) is 4.30. The van der Waals surface area contributed by atoms with E-state index in [1.54, 1.807) is 30.3 Å². The minimum Gasteiger partial charge on any atom is -0.453 e. The van der Waals surface area contributed by atoms with Crippen molar-refractivity contribution >= 4 is 17.7 Å². The van der Waals surface area contributed by atoms with Gasteiger partial charge in [0, 0.05) is 17.3 Å². The molecule has 0 spiro atoms. The fraction of sp³-hybridized carbons (Fsp3) is 0.231. The lowest BCUT2D eigenvalue weighted by Gasteiger charge is -2.14. The second kappa shape index (κ2) is 9.21. The van der Waals surface area contributed by atoms with E-state index < -0.39 is 17.8 Å². The number of carbonyl (C=O) groups excluding carboxylic acids is 2. The summed E-state index contributed by atoms with van der Waals surface area (Å²) >= 11 is 0. The Bertz CT molecular complexity index is 1250. The smallest absolute Gasteiger partial charge is 0.416 e. The monoisotopic (exact) mass is 468 g/mol. The lowest BCUT2D eigenvalue weighted by Crippen LogP contribution is -2.35. The third-order valence-electron chi connectivity index (χ3n) is 5.92. The van der Waals surface area contributed by atoms with Crippen LogP contribution in [0.1, 0.15) is 32.6 Å². The first-order chi connectivity index (χ1) is 16.2. The van der Waals surface area contributed by atoms with E-state index in [9.17, 15) is 22.8 Å². The number of ether oxygens (including phenoxy) is 1. The Balaban J connectivity index is 1.55. The van der Waals surface area contributed by atoms with Crippen LogP contribution in [0.4, 0.5) is 23.7 Å². The molecule has 3 aromatic carbocycles. The van der Waals surface area contributed by atoms with Gasteiger partial charge in [0.05, 0.1) is 12.7 Å². The van der Waals surface area contributed by atoms with Crippen LogP contribution >= 0.6 is 0 Å². The molecular weight excluding hydrogens is 445 g/mol. The Morgan fingerprint density at radius 2 is 1.71 bits per heavy atom. The average molecular weight is 468 g/mol. The summed E-state index contributed by atoms with van der Waals surface area (Å²) in [5.74, 6) is -0.365. The highest BCUT2D eigenvalue weighted by Crippen LogP contribution is 2.35. The Labute approximate surface area is 194 Å². The average Bonchev–Trinajstić information content (AvgIpc) is 3.19. The third kappa shape index (κ3) is 4.90. The number of hydrogen-bond donors (Lipinski definition) is 2. The van der Waals surface area contributed by atoms with Crippen molar-refractivity contribution < 1.29 is 27.5 Å². The summed E-state index contributed by atoms with van der Waals surface area (Å²) < 4.78 is 44.1. The molecule has 4 rings (SSSR count). The summed E-state index contributed by atoms with van der Waals surface area (Å²) in [7, 11) is 1.31. The summed E-state index contributed by atoms with van der Waals surface area (Å²) in [6.07, 6.45) is -3.62. The largest absolute Gasteiger partial charge is 0.453 e. The molecule has 0 heterocycles. The molecule has 1 atom stereocenters. The summed E-state index contributed by atoms with van der Waals surface area (Å²) in [6, 6.07) is 16.2. The van der Waals surface area contributed by atoms with Crippen LogP contribution in [0, 0.1) is 6.92 Å². The van der Waals surface area contributed by atoms with Gasteiger partial charge in [-0.2, -0.15) is 13.2 Å². The third-order valence-corrected chi connectivity index (χ3v) is 5.92. The zero-order chi connectivity index (χ0) is 24.5. The Morgan fingerprint density at radius 3 is 2.41 bits per heavy atom. The first kappa shape index (κ1) is 23.4. The number of benzene rings is 3. The molecule has 3 aromatic rings. The van der Waals surface area contributed by atoms with Gasteiger partial charge in [-0.15, -0.1) is 0 Å². The summed E-state index contributed by atoms with van der Waals surface area (Å²) in [5.41, 5.74) is 3.52. The van der Waals surface area contributed by atoms with E-state index in [2.05, 4.69) is 15.4 Å². The first-order valence-electron chi connectivity index (χ1n) is 10.7. The van der Waals surface area contributed by atoms with Crippen molar-refractivity contribution in [2.75, 3.05) is 12.4 Å². The van der Waals surface area contributed by atoms with Crippen LogP contribution < -0.4 is 10.6 Å². The van der Waals surface area contributed by atoms with Crippen molar-refractivity contribution in [2.24, 2.45) is 0 Å². The molecule has 0 aliphatic heterocycles. The lowest BCUT2D eigenvalue weighted by molar-refractivity contribution is -0.138. The number of carbonyl (C=O) groups is 2. The van der Waals surface area contributed by atoms with E-state index in [4.69, 9.17) is 0 Å². The Morgan fingerprint density at radius 1 is 0.971 bits per heavy atom. The van der Waals surface area contributed by atoms with E-state index in [-0.39, 0.29) is 17.5 Å². The second-order valence-electron chi connectivity index (χ2n) is 8.25. The van der Waals surface area contributed by atoms with Gasteiger partial charge in [0.2, 0.25) is 0 Å². The summed E-state index contributed by atoms with van der Waals surface area (Å²) in [4.78, 5) is 24.6. The highest BCUT2D eigenvalue weighted by molar-refractivity contribution is 6.08. The number of methoxy groups -OCH3 is 1. The van der Waals surface area contributed by atoms with Crippen molar-refractivity contribution in [3.63, 3.8) is 0 Å². The number of alkyl carbamates (subject to hydrolysis) is 1. The van der Waals surface area contributed by atoms with E-state index in [1.165, 1.54) is 26.2 Å². The molecule has 2 amide bonds. The quantitative estimate of drug-likeness (QED) is 0.512. The predicted molar refractivity (Wildman–Crippen MR) is 123 cm³/mol. The number of fused-ring (bicyclic) bond motifs is 1. The fourth-order valence-electron chi connectivity index (χ4n) is 4.30. The topological polar surface area (TPSA) is 67.4 Å². The SMILES string of the molecule is COC(=O)N[C@@H]1Cc2ccc(NC(=O)c3ccccc3-c3ccc(C(F)(F)F)c(C)c3)cc2C1. The predicted octanol–water partition coefficient (Wildman–Crippen LogP) is 5.76. The summed E-state index contributed by atoms with van der Waals surface area (Å²) in [5, 5.41) is 5.67. The van der Waals surface area contributed by atoms with Gasteiger partial charge in [-0.05, 0) is 71.8 Å². The molecule has 0 radical (unpaired) electrons. The molecule has 0 unspecified atom stereocenters. The molecule has 0 aromatic heterocycles. The zero-order valence-electron chi connectivity index (χ0n) is 18.6. The minimum atomic E-state index is -4.43. The molecule has 1 aliphatic rings.